The Hall–Kier alpha value is -0.530. The van der Waals surface area contributed by atoms with Gasteiger partial charge < -0.3 is 5.11 Å². The zero-order valence-electron chi connectivity index (χ0n) is 8.25. The number of aliphatic carboxylic acids is 1. The molecule has 74 valence electrons. The fraction of sp³-hybridized carbons (Fsp3) is 0.909. The minimum absolute atomic E-state index is 0.216. The highest BCUT2D eigenvalue weighted by molar-refractivity contribution is 5.68. The minimum atomic E-state index is -0.611. The topological polar surface area (TPSA) is 37.3 Å². The minimum Gasteiger partial charge on any atom is -0.481 e. The largest absolute Gasteiger partial charge is 0.481 e. The highest BCUT2D eigenvalue weighted by Crippen LogP contribution is 2.56. The van der Waals surface area contributed by atoms with Crippen molar-refractivity contribution < 1.29 is 9.90 Å². The Balaban J connectivity index is 1.81. The van der Waals surface area contributed by atoms with Gasteiger partial charge in [0.05, 0.1) is 6.42 Å². The maximum atomic E-state index is 10.6. The molecule has 1 atom stereocenters. The average molecular weight is 182 g/mol. The van der Waals surface area contributed by atoms with E-state index in [9.17, 15) is 4.79 Å². The fourth-order valence-corrected chi connectivity index (χ4v) is 2.47. The van der Waals surface area contributed by atoms with Crippen LogP contribution in [-0.2, 0) is 4.79 Å². The van der Waals surface area contributed by atoms with Crippen LogP contribution in [0.4, 0.5) is 0 Å². The van der Waals surface area contributed by atoms with Crippen LogP contribution < -0.4 is 0 Å². The first-order chi connectivity index (χ1) is 6.11. The molecule has 0 bridgehead atoms. The lowest BCUT2D eigenvalue weighted by Gasteiger charge is -2.17. The number of rotatable bonds is 5. The number of hydrogen-bond acceptors (Lipinski definition) is 1. The smallest absolute Gasteiger partial charge is 0.303 e. The van der Waals surface area contributed by atoms with Gasteiger partial charge >= 0.3 is 5.97 Å². The molecule has 0 saturated heterocycles. The molecule has 0 heterocycles. The zero-order chi connectivity index (χ0) is 9.47. The van der Waals surface area contributed by atoms with Crippen molar-refractivity contribution in [3.63, 3.8) is 0 Å². The molecule has 2 aliphatic carbocycles. The molecule has 0 aromatic rings. The second-order valence-electron chi connectivity index (χ2n) is 5.09. The summed E-state index contributed by atoms with van der Waals surface area (Å²) in [6, 6.07) is 0. The third kappa shape index (κ3) is 2.23. The molecule has 2 fully saturated rings. The Bertz CT molecular complexity index is 214. The molecule has 1 unspecified atom stereocenters. The lowest BCUT2D eigenvalue weighted by atomic mass is 9.88. The quantitative estimate of drug-likeness (QED) is 0.709. The van der Waals surface area contributed by atoms with Crippen molar-refractivity contribution in [3.8, 4) is 0 Å². The van der Waals surface area contributed by atoms with Gasteiger partial charge in [0.1, 0.15) is 0 Å². The van der Waals surface area contributed by atoms with Gasteiger partial charge in [0.2, 0.25) is 0 Å². The van der Waals surface area contributed by atoms with E-state index in [0.29, 0.717) is 6.42 Å². The van der Waals surface area contributed by atoms with E-state index in [2.05, 4.69) is 6.92 Å². The summed E-state index contributed by atoms with van der Waals surface area (Å²) < 4.78 is 0. The van der Waals surface area contributed by atoms with E-state index in [1.54, 1.807) is 0 Å². The predicted octanol–water partition coefficient (Wildman–Crippen LogP) is 2.68. The van der Waals surface area contributed by atoms with Gasteiger partial charge in [-0.1, -0.05) is 6.92 Å². The molecule has 2 nitrogen and oxygen atoms in total. The normalized spacial score (nSPS) is 26.8. The van der Waals surface area contributed by atoms with Crippen molar-refractivity contribution in [2.24, 2.45) is 17.3 Å². The van der Waals surface area contributed by atoms with Gasteiger partial charge in [-0.05, 0) is 49.4 Å². The predicted molar refractivity (Wildman–Crippen MR) is 50.4 cm³/mol. The summed E-state index contributed by atoms with van der Waals surface area (Å²) in [6.07, 6.45) is 6.62. The van der Waals surface area contributed by atoms with Crippen molar-refractivity contribution >= 4 is 5.97 Å². The van der Waals surface area contributed by atoms with E-state index in [-0.39, 0.29) is 5.41 Å². The Kier molecular flexibility index (Phi) is 2.09. The van der Waals surface area contributed by atoms with Crippen LogP contribution in [0.2, 0.25) is 0 Å². The molecule has 0 aliphatic heterocycles. The molecular formula is C11H18O2. The molecule has 0 aromatic carbocycles. The van der Waals surface area contributed by atoms with E-state index < -0.39 is 5.97 Å². The standard InChI is InChI=1S/C11H18O2/c1-8(9-2-3-9)6-11(4-5-11)7-10(12)13/h8-9H,2-7H2,1H3,(H,12,13). The van der Waals surface area contributed by atoms with Gasteiger partial charge in [0.25, 0.3) is 0 Å². The van der Waals surface area contributed by atoms with Crippen LogP contribution in [0.1, 0.15) is 45.4 Å². The number of hydrogen-bond donors (Lipinski definition) is 1. The lowest BCUT2D eigenvalue weighted by Crippen LogP contribution is -2.13. The first-order valence-electron chi connectivity index (χ1n) is 5.33. The lowest BCUT2D eigenvalue weighted by molar-refractivity contribution is -0.138. The van der Waals surface area contributed by atoms with Crippen molar-refractivity contribution in [1.29, 1.82) is 0 Å². The maximum absolute atomic E-state index is 10.6. The highest BCUT2D eigenvalue weighted by atomic mass is 16.4. The highest BCUT2D eigenvalue weighted by Gasteiger charge is 2.46. The summed E-state index contributed by atoms with van der Waals surface area (Å²) in [6.45, 7) is 2.29. The molecule has 2 rings (SSSR count). The number of carboxylic acids is 1. The first kappa shape index (κ1) is 9.04. The van der Waals surface area contributed by atoms with Crippen LogP contribution in [0.5, 0.6) is 0 Å². The van der Waals surface area contributed by atoms with Crippen LogP contribution in [0.3, 0.4) is 0 Å². The summed E-state index contributed by atoms with van der Waals surface area (Å²) in [5.74, 6) is 1.08. The SMILES string of the molecule is CC(CC1(CC(=O)O)CC1)C1CC1. The summed E-state index contributed by atoms with van der Waals surface area (Å²) in [5.41, 5.74) is 0.216. The van der Waals surface area contributed by atoms with Crippen molar-refractivity contribution in [1.82, 2.24) is 0 Å². The number of carboxylic acid groups (broad SMARTS) is 1. The zero-order valence-corrected chi connectivity index (χ0v) is 8.25. The van der Waals surface area contributed by atoms with Crippen LogP contribution in [0.25, 0.3) is 0 Å². The molecule has 0 aromatic heterocycles. The van der Waals surface area contributed by atoms with Gasteiger partial charge in [-0.2, -0.15) is 0 Å². The maximum Gasteiger partial charge on any atom is 0.303 e. The molecular weight excluding hydrogens is 164 g/mol. The molecule has 2 saturated carbocycles. The van der Waals surface area contributed by atoms with Gasteiger partial charge in [0, 0.05) is 0 Å². The van der Waals surface area contributed by atoms with E-state index in [1.165, 1.54) is 12.8 Å². The third-order valence-corrected chi connectivity index (χ3v) is 3.67. The average Bonchev–Trinajstić information content (AvgIpc) is 2.76. The second kappa shape index (κ2) is 3.00. The van der Waals surface area contributed by atoms with Gasteiger partial charge in [-0.15, -0.1) is 0 Å². The summed E-state index contributed by atoms with van der Waals surface area (Å²) >= 11 is 0. The molecule has 13 heavy (non-hydrogen) atoms. The van der Waals surface area contributed by atoms with Gasteiger partial charge in [-0.3, -0.25) is 4.79 Å². The van der Waals surface area contributed by atoms with E-state index >= 15 is 0 Å². The van der Waals surface area contributed by atoms with Crippen molar-refractivity contribution in [2.45, 2.75) is 45.4 Å². The second-order valence-corrected chi connectivity index (χ2v) is 5.09. The van der Waals surface area contributed by atoms with E-state index in [0.717, 1.165) is 31.1 Å². The van der Waals surface area contributed by atoms with Crippen molar-refractivity contribution in [3.05, 3.63) is 0 Å². The molecule has 0 spiro atoms. The van der Waals surface area contributed by atoms with Gasteiger partial charge in [0.15, 0.2) is 0 Å². The van der Waals surface area contributed by atoms with Crippen LogP contribution in [0, 0.1) is 17.3 Å². The monoisotopic (exact) mass is 182 g/mol. The molecule has 2 heteroatoms. The Morgan fingerprint density at radius 2 is 2.15 bits per heavy atom. The molecule has 1 N–H and O–H groups in total. The van der Waals surface area contributed by atoms with Crippen LogP contribution in [-0.4, -0.2) is 11.1 Å². The van der Waals surface area contributed by atoms with E-state index in [1.807, 2.05) is 0 Å². The summed E-state index contributed by atoms with van der Waals surface area (Å²) in [7, 11) is 0. The Morgan fingerprint density at radius 1 is 1.54 bits per heavy atom. The molecule has 0 amide bonds. The van der Waals surface area contributed by atoms with Crippen LogP contribution in [0.15, 0.2) is 0 Å². The molecule has 0 radical (unpaired) electrons. The Morgan fingerprint density at radius 3 is 2.54 bits per heavy atom. The summed E-state index contributed by atoms with van der Waals surface area (Å²) in [4.78, 5) is 10.6. The third-order valence-electron chi connectivity index (χ3n) is 3.67. The molecule has 2 aliphatic rings. The number of carbonyl (C=O) groups is 1. The van der Waals surface area contributed by atoms with Gasteiger partial charge in [-0.25, -0.2) is 0 Å². The summed E-state index contributed by atoms with van der Waals surface area (Å²) in [5, 5.41) is 8.76. The van der Waals surface area contributed by atoms with Crippen LogP contribution >= 0.6 is 0 Å². The fourth-order valence-electron chi connectivity index (χ4n) is 2.47. The van der Waals surface area contributed by atoms with E-state index in [4.69, 9.17) is 5.11 Å². The van der Waals surface area contributed by atoms with Crippen molar-refractivity contribution in [2.75, 3.05) is 0 Å². The Labute approximate surface area is 79.3 Å². The first-order valence-corrected chi connectivity index (χ1v) is 5.33.